The van der Waals surface area contributed by atoms with E-state index in [9.17, 15) is 0 Å². The summed E-state index contributed by atoms with van der Waals surface area (Å²) in [7, 11) is 0. The van der Waals surface area contributed by atoms with Crippen molar-refractivity contribution in [3.8, 4) is 27.9 Å². The second-order valence-corrected chi connectivity index (χ2v) is 13.2. The lowest BCUT2D eigenvalue weighted by Gasteiger charge is -2.22. The quantitative estimate of drug-likeness (QED) is 0.201. The van der Waals surface area contributed by atoms with Crippen molar-refractivity contribution in [2.45, 2.75) is 39.2 Å². The van der Waals surface area contributed by atoms with Crippen LogP contribution in [0.4, 0.5) is 0 Å². The molecule has 0 aliphatic heterocycles. The van der Waals surface area contributed by atoms with Crippen molar-refractivity contribution in [3.05, 3.63) is 139 Å². The summed E-state index contributed by atoms with van der Waals surface area (Å²) < 4.78 is 4.91. The first-order valence-corrected chi connectivity index (χ1v) is 15.7. The summed E-state index contributed by atoms with van der Waals surface area (Å²) in [4.78, 5) is 0. The van der Waals surface area contributed by atoms with Gasteiger partial charge in [0.2, 0.25) is 0 Å². The number of fused-ring (bicyclic) bond motifs is 9. The highest BCUT2D eigenvalue weighted by atomic mass is 15.0. The maximum atomic E-state index is 2.46. The summed E-state index contributed by atoms with van der Waals surface area (Å²) >= 11 is 0. The molecule has 0 bridgehead atoms. The van der Waals surface area contributed by atoms with Gasteiger partial charge in [0.05, 0.1) is 11.0 Å². The number of hydrogen-bond donors (Lipinski definition) is 0. The van der Waals surface area contributed by atoms with Crippen LogP contribution in [0, 0.1) is 0 Å². The van der Waals surface area contributed by atoms with Crippen LogP contribution in [0.25, 0.3) is 71.6 Å². The Labute approximate surface area is 257 Å². The summed E-state index contributed by atoms with van der Waals surface area (Å²) in [6.07, 6.45) is 0. The highest BCUT2D eigenvalue weighted by Gasteiger charge is 2.35. The van der Waals surface area contributed by atoms with E-state index in [0.717, 1.165) is 0 Å². The third-order valence-corrected chi connectivity index (χ3v) is 10.1. The number of rotatable bonds is 3. The van der Waals surface area contributed by atoms with Gasteiger partial charge in [-0.05, 0) is 95.8 Å². The molecule has 0 saturated carbocycles. The molecule has 0 radical (unpaired) electrons. The predicted molar refractivity (Wildman–Crippen MR) is 187 cm³/mol. The third-order valence-electron chi connectivity index (χ3n) is 10.1. The van der Waals surface area contributed by atoms with E-state index in [4.69, 9.17) is 0 Å². The zero-order chi connectivity index (χ0) is 29.7. The zero-order valence-electron chi connectivity index (χ0n) is 25.6. The summed E-state index contributed by atoms with van der Waals surface area (Å²) in [5, 5.41) is 5.20. The number of aromatic nitrogens is 2. The molecule has 0 atom stereocenters. The number of para-hydroxylation sites is 2. The smallest absolute Gasteiger partial charge is 0.0541 e. The van der Waals surface area contributed by atoms with E-state index in [1.807, 2.05) is 0 Å². The minimum atomic E-state index is -0.0365. The Morgan fingerprint density at radius 3 is 1.77 bits per heavy atom. The van der Waals surface area contributed by atoms with Crippen LogP contribution in [-0.2, 0) is 5.41 Å². The molecule has 44 heavy (non-hydrogen) atoms. The maximum Gasteiger partial charge on any atom is 0.0541 e. The molecule has 1 aliphatic rings. The highest BCUT2D eigenvalue weighted by Crippen LogP contribution is 2.49. The van der Waals surface area contributed by atoms with Crippen molar-refractivity contribution >= 4 is 43.6 Å². The van der Waals surface area contributed by atoms with E-state index in [2.05, 4.69) is 164 Å². The molecule has 0 saturated heterocycles. The average Bonchev–Trinajstić information content (AvgIpc) is 3.64. The summed E-state index contributed by atoms with van der Waals surface area (Å²) in [5.41, 5.74) is 14.3. The van der Waals surface area contributed by atoms with Gasteiger partial charge in [-0.2, -0.15) is 0 Å². The topological polar surface area (TPSA) is 9.86 Å². The Kier molecular flexibility index (Phi) is 5.18. The van der Waals surface area contributed by atoms with E-state index in [0.29, 0.717) is 6.04 Å². The van der Waals surface area contributed by atoms with Gasteiger partial charge in [-0.3, -0.25) is 0 Å². The molecule has 2 heteroatoms. The van der Waals surface area contributed by atoms with Gasteiger partial charge in [0.25, 0.3) is 0 Å². The van der Waals surface area contributed by atoms with Gasteiger partial charge in [-0.25, -0.2) is 0 Å². The van der Waals surface area contributed by atoms with Gasteiger partial charge in [-0.1, -0.05) is 92.7 Å². The largest absolute Gasteiger partial charge is 0.338 e. The highest BCUT2D eigenvalue weighted by molar-refractivity contribution is 6.12. The van der Waals surface area contributed by atoms with E-state index in [1.165, 1.54) is 82.7 Å². The molecule has 2 heterocycles. The Morgan fingerprint density at radius 1 is 0.477 bits per heavy atom. The van der Waals surface area contributed by atoms with Gasteiger partial charge in [0, 0.05) is 49.7 Å². The molecule has 8 aromatic rings. The molecule has 9 rings (SSSR count). The Hall–Kier alpha value is -5.08. The van der Waals surface area contributed by atoms with E-state index >= 15 is 0 Å². The lowest BCUT2D eigenvalue weighted by Crippen LogP contribution is -2.15. The van der Waals surface area contributed by atoms with Crippen molar-refractivity contribution in [2.75, 3.05) is 0 Å². The number of benzene rings is 6. The average molecular weight is 567 g/mol. The fourth-order valence-corrected chi connectivity index (χ4v) is 8.00. The maximum absolute atomic E-state index is 2.46. The number of nitrogens with zero attached hydrogens (tertiary/aromatic N) is 2. The SMILES string of the molecule is CC(C)n1c2ccccc2c2cc(-c3ccc4c(c3)c3ccccc3n4-c3ccc4c(c3)C(C)(C)c3ccccc3-4)ccc21. The van der Waals surface area contributed by atoms with Crippen LogP contribution in [-0.4, -0.2) is 9.13 Å². The fraction of sp³-hybridized carbons (Fsp3) is 0.143. The van der Waals surface area contributed by atoms with Crippen LogP contribution in [0.5, 0.6) is 0 Å². The molecule has 0 spiro atoms. The van der Waals surface area contributed by atoms with E-state index < -0.39 is 0 Å². The van der Waals surface area contributed by atoms with E-state index in [1.54, 1.807) is 0 Å². The molecular weight excluding hydrogens is 532 g/mol. The Morgan fingerprint density at radius 2 is 1.02 bits per heavy atom. The lowest BCUT2D eigenvalue weighted by molar-refractivity contribution is 0.642. The molecule has 0 unspecified atom stereocenters. The van der Waals surface area contributed by atoms with Crippen molar-refractivity contribution in [1.82, 2.24) is 9.13 Å². The standard InChI is InChI=1S/C42H34N2/c1-26(2)43-38-15-9-6-12-32(38)34-23-27(17-21-40(34)43)28-18-22-41-35(24-28)33-13-7-10-16-39(33)44(41)29-19-20-31-30-11-5-8-14-36(30)42(3,4)37(31)25-29/h5-26H,1-4H3. The normalized spacial score (nSPS) is 13.8. The van der Waals surface area contributed by atoms with Crippen LogP contribution < -0.4 is 0 Å². The van der Waals surface area contributed by atoms with Crippen LogP contribution in [0.15, 0.2) is 127 Å². The molecule has 2 aromatic heterocycles. The molecule has 212 valence electrons. The first kappa shape index (κ1) is 25.4. The fourth-order valence-electron chi connectivity index (χ4n) is 8.00. The van der Waals surface area contributed by atoms with Gasteiger partial charge >= 0.3 is 0 Å². The van der Waals surface area contributed by atoms with Crippen molar-refractivity contribution in [1.29, 1.82) is 0 Å². The van der Waals surface area contributed by atoms with Crippen molar-refractivity contribution in [3.63, 3.8) is 0 Å². The van der Waals surface area contributed by atoms with Crippen molar-refractivity contribution in [2.24, 2.45) is 0 Å². The second-order valence-electron chi connectivity index (χ2n) is 13.2. The summed E-state index contributed by atoms with van der Waals surface area (Å²) in [6, 6.07) is 48.0. The molecular formula is C42H34N2. The third kappa shape index (κ3) is 3.37. The summed E-state index contributed by atoms with van der Waals surface area (Å²) in [6.45, 7) is 9.25. The zero-order valence-corrected chi connectivity index (χ0v) is 25.6. The van der Waals surface area contributed by atoms with Gasteiger partial charge in [-0.15, -0.1) is 0 Å². The van der Waals surface area contributed by atoms with Crippen LogP contribution >= 0.6 is 0 Å². The van der Waals surface area contributed by atoms with Gasteiger partial charge in [0.1, 0.15) is 0 Å². The Balaban J connectivity index is 1.24. The molecule has 1 aliphatic carbocycles. The molecule has 0 amide bonds. The van der Waals surface area contributed by atoms with Gasteiger partial charge < -0.3 is 9.13 Å². The monoisotopic (exact) mass is 566 g/mol. The molecule has 2 nitrogen and oxygen atoms in total. The van der Waals surface area contributed by atoms with Gasteiger partial charge in [0.15, 0.2) is 0 Å². The first-order valence-electron chi connectivity index (χ1n) is 15.7. The van der Waals surface area contributed by atoms with Crippen molar-refractivity contribution < 1.29 is 0 Å². The van der Waals surface area contributed by atoms with Crippen LogP contribution in [0.2, 0.25) is 0 Å². The molecule has 0 fully saturated rings. The lowest BCUT2D eigenvalue weighted by atomic mass is 9.82. The minimum absolute atomic E-state index is 0.0365. The Bertz CT molecular complexity index is 2450. The minimum Gasteiger partial charge on any atom is -0.338 e. The molecule has 0 N–H and O–H groups in total. The van der Waals surface area contributed by atoms with Crippen LogP contribution in [0.3, 0.4) is 0 Å². The second kappa shape index (κ2) is 8.97. The molecule has 6 aromatic carbocycles. The summed E-state index contributed by atoms with van der Waals surface area (Å²) in [5.74, 6) is 0. The number of hydrogen-bond acceptors (Lipinski definition) is 0. The van der Waals surface area contributed by atoms with Crippen LogP contribution in [0.1, 0.15) is 44.9 Å². The predicted octanol–water partition coefficient (Wildman–Crippen LogP) is 11.4. The first-order chi connectivity index (χ1) is 21.4. The van der Waals surface area contributed by atoms with E-state index in [-0.39, 0.29) is 5.41 Å².